The number of hydrogen-bond donors (Lipinski definition) is 2. The molecule has 1 atom stereocenters. The average Bonchev–Trinajstić information content (AvgIpc) is 2.63. The Bertz CT molecular complexity index is 986. The third-order valence-corrected chi connectivity index (χ3v) is 5.06. The summed E-state index contributed by atoms with van der Waals surface area (Å²) in [7, 11) is 0. The minimum atomic E-state index is -0.298. The van der Waals surface area contributed by atoms with Crippen molar-refractivity contribution in [2.75, 3.05) is 10.6 Å². The number of aryl methyl sites for hydroxylation is 1. The van der Waals surface area contributed by atoms with Gasteiger partial charge >= 0.3 is 0 Å². The van der Waals surface area contributed by atoms with Crippen LogP contribution in [0, 0.1) is 6.92 Å². The van der Waals surface area contributed by atoms with Crippen LogP contribution < -0.4 is 10.6 Å². The van der Waals surface area contributed by atoms with E-state index in [4.69, 9.17) is 0 Å². The largest absolute Gasteiger partial charge is 0.326 e. The first-order chi connectivity index (χ1) is 12.9. The van der Waals surface area contributed by atoms with Gasteiger partial charge in [-0.05, 0) is 55.8 Å². The maximum absolute atomic E-state index is 12.5. The van der Waals surface area contributed by atoms with E-state index in [1.165, 1.54) is 18.7 Å². The highest BCUT2D eigenvalue weighted by Gasteiger charge is 2.16. The monoisotopic (exact) mass is 379 g/mol. The summed E-state index contributed by atoms with van der Waals surface area (Å²) in [5, 5.41) is 7.24. The second kappa shape index (κ2) is 8.22. The van der Waals surface area contributed by atoms with Crippen molar-refractivity contribution in [1.29, 1.82) is 0 Å². The second-order valence-electron chi connectivity index (χ2n) is 6.30. The normalized spacial score (nSPS) is 11.8. The Morgan fingerprint density at radius 3 is 2.30 bits per heavy atom. The number of nitrogens with one attached hydrogen (secondary N) is 2. The van der Waals surface area contributed by atoms with Crippen molar-refractivity contribution in [2.24, 2.45) is 0 Å². The second-order valence-corrected chi connectivity index (χ2v) is 7.66. The van der Waals surface area contributed by atoms with Crippen LogP contribution in [0.1, 0.15) is 19.4 Å². The predicted octanol–water partition coefficient (Wildman–Crippen LogP) is 4.62. The van der Waals surface area contributed by atoms with Gasteiger partial charge in [0.25, 0.3) is 0 Å². The van der Waals surface area contributed by atoms with Gasteiger partial charge in [0.15, 0.2) is 0 Å². The molecule has 138 valence electrons. The van der Waals surface area contributed by atoms with E-state index in [0.29, 0.717) is 11.4 Å². The Kier molecular flexibility index (Phi) is 5.76. The van der Waals surface area contributed by atoms with E-state index in [0.717, 1.165) is 21.5 Å². The van der Waals surface area contributed by atoms with Gasteiger partial charge in [-0.15, -0.1) is 0 Å². The number of benzene rings is 2. The fraction of sp³-hybridized carbons (Fsp3) is 0.190. The van der Waals surface area contributed by atoms with E-state index in [1.54, 1.807) is 24.3 Å². The molecule has 0 saturated carbocycles. The number of anilines is 2. The van der Waals surface area contributed by atoms with Gasteiger partial charge in [0, 0.05) is 23.7 Å². The van der Waals surface area contributed by atoms with E-state index in [9.17, 15) is 9.59 Å². The summed E-state index contributed by atoms with van der Waals surface area (Å²) >= 11 is 1.43. The summed E-state index contributed by atoms with van der Waals surface area (Å²) in [6, 6.07) is 17.0. The summed E-state index contributed by atoms with van der Waals surface area (Å²) in [5.41, 5.74) is 3.45. The number of carbonyl (C=O) groups is 2. The lowest BCUT2D eigenvalue weighted by molar-refractivity contribution is -0.115. The Balaban J connectivity index is 1.66. The van der Waals surface area contributed by atoms with Gasteiger partial charge in [0.1, 0.15) is 0 Å². The van der Waals surface area contributed by atoms with Crippen molar-refractivity contribution >= 4 is 45.9 Å². The molecule has 3 rings (SSSR count). The summed E-state index contributed by atoms with van der Waals surface area (Å²) in [4.78, 5) is 28.2. The first-order valence-electron chi connectivity index (χ1n) is 8.64. The number of rotatable bonds is 5. The van der Waals surface area contributed by atoms with Crippen LogP contribution in [0.3, 0.4) is 0 Å². The standard InChI is InChI=1S/C21H21N3O2S/c1-13-12-20(24-19-7-5-4-6-18(13)19)27-14(2)21(26)23-17-10-8-16(9-11-17)22-15(3)25/h4-12,14H,1-3H3,(H,22,25)(H,23,26)/t14-/m0/s1. The molecule has 2 aromatic carbocycles. The summed E-state index contributed by atoms with van der Waals surface area (Å²) in [6.45, 7) is 5.37. The van der Waals surface area contributed by atoms with Gasteiger partial charge in [-0.1, -0.05) is 30.0 Å². The average molecular weight is 379 g/mol. The zero-order valence-electron chi connectivity index (χ0n) is 15.4. The Hall–Kier alpha value is -2.86. The van der Waals surface area contributed by atoms with Crippen LogP contribution in [0.15, 0.2) is 59.6 Å². The van der Waals surface area contributed by atoms with Crippen LogP contribution in [-0.2, 0) is 9.59 Å². The van der Waals surface area contributed by atoms with Gasteiger partial charge in [0.05, 0.1) is 15.8 Å². The lowest BCUT2D eigenvalue weighted by atomic mass is 10.1. The third-order valence-electron chi connectivity index (χ3n) is 4.04. The zero-order valence-corrected chi connectivity index (χ0v) is 16.3. The molecule has 2 amide bonds. The molecule has 27 heavy (non-hydrogen) atoms. The number of carbonyl (C=O) groups excluding carboxylic acids is 2. The van der Waals surface area contributed by atoms with Crippen molar-refractivity contribution in [3.63, 3.8) is 0 Å². The number of nitrogens with zero attached hydrogens (tertiary/aromatic N) is 1. The molecule has 0 radical (unpaired) electrons. The van der Waals surface area contributed by atoms with E-state index in [1.807, 2.05) is 37.3 Å². The molecule has 5 nitrogen and oxygen atoms in total. The Morgan fingerprint density at radius 1 is 1.00 bits per heavy atom. The highest BCUT2D eigenvalue weighted by atomic mass is 32.2. The predicted molar refractivity (Wildman–Crippen MR) is 111 cm³/mol. The molecule has 6 heteroatoms. The van der Waals surface area contributed by atoms with Gasteiger partial charge in [0.2, 0.25) is 11.8 Å². The van der Waals surface area contributed by atoms with Crippen LogP contribution in [-0.4, -0.2) is 22.0 Å². The highest BCUT2D eigenvalue weighted by Crippen LogP contribution is 2.27. The molecule has 3 aromatic rings. The molecule has 0 spiro atoms. The highest BCUT2D eigenvalue weighted by molar-refractivity contribution is 8.00. The number of thioether (sulfide) groups is 1. The zero-order chi connectivity index (χ0) is 19.4. The quantitative estimate of drug-likeness (QED) is 0.635. The summed E-state index contributed by atoms with van der Waals surface area (Å²) in [5.74, 6) is -0.227. The molecule has 1 aromatic heterocycles. The molecule has 0 unspecified atom stereocenters. The Morgan fingerprint density at radius 2 is 1.63 bits per heavy atom. The fourth-order valence-electron chi connectivity index (χ4n) is 2.70. The molecular formula is C21H21N3O2S. The molecular weight excluding hydrogens is 358 g/mol. The number of fused-ring (bicyclic) bond motifs is 1. The minimum absolute atomic E-state index is 0.0973. The minimum Gasteiger partial charge on any atom is -0.326 e. The van der Waals surface area contributed by atoms with Crippen molar-refractivity contribution in [3.8, 4) is 0 Å². The van der Waals surface area contributed by atoms with E-state index < -0.39 is 0 Å². The topological polar surface area (TPSA) is 71.1 Å². The van der Waals surface area contributed by atoms with Crippen LogP contribution >= 0.6 is 11.8 Å². The molecule has 0 saturated heterocycles. The molecule has 0 fully saturated rings. The molecule has 2 N–H and O–H groups in total. The van der Waals surface area contributed by atoms with Crippen molar-refractivity contribution in [1.82, 2.24) is 4.98 Å². The van der Waals surface area contributed by atoms with Gasteiger partial charge in [-0.2, -0.15) is 0 Å². The number of para-hydroxylation sites is 1. The first-order valence-corrected chi connectivity index (χ1v) is 9.52. The van der Waals surface area contributed by atoms with Gasteiger partial charge in [-0.3, -0.25) is 9.59 Å². The molecule has 1 heterocycles. The van der Waals surface area contributed by atoms with Gasteiger partial charge in [-0.25, -0.2) is 4.98 Å². The number of amides is 2. The van der Waals surface area contributed by atoms with E-state index in [-0.39, 0.29) is 17.1 Å². The molecule has 0 aliphatic heterocycles. The number of hydrogen-bond acceptors (Lipinski definition) is 4. The summed E-state index contributed by atoms with van der Waals surface area (Å²) in [6.07, 6.45) is 0. The van der Waals surface area contributed by atoms with Crippen molar-refractivity contribution in [2.45, 2.75) is 31.0 Å². The molecule has 0 aliphatic rings. The van der Waals surface area contributed by atoms with E-state index >= 15 is 0 Å². The lowest BCUT2D eigenvalue weighted by Gasteiger charge is -2.13. The SMILES string of the molecule is CC(=O)Nc1ccc(NC(=O)[C@H](C)Sc2cc(C)c3ccccc3n2)cc1. The van der Waals surface area contributed by atoms with Crippen molar-refractivity contribution < 1.29 is 9.59 Å². The van der Waals surface area contributed by atoms with Crippen molar-refractivity contribution in [3.05, 3.63) is 60.2 Å². The molecule has 0 aliphatic carbocycles. The van der Waals surface area contributed by atoms with Crippen LogP contribution in [0.2, 0.25) is 0 Å². The first kappa shape index (κ1) is 18.9. The smallest absolute Gasteiger partial charge is 0.237 e. The van der Waals surface area contributed by atoms with E-state index in [2.05, 4.69) is 22.5 Å². The lowest BCUT2D eigenvalue weighted by Crippen LogP contribution is -2.22. The third kappa shape index (κ3) is 4.86. The van der Waals surface area contributed by atoms with Gasteiger partial charge < -0.3 is 10.6 Å². The van der Waals surface area contributed by atoms with Crippen LogP contribution in [0.25, 0.3) is 10.9 Å². The number of aromatic nitrogens is 1. The maximum atomic E-state index is 12.5. The summed E-state index contributed by atoms with van der Waals surface area (Å²) < 4.78 is 0. The van der Waals surface area contributed by atoms with Crippen LogP contribution in [0.5, 0.6) is 0 Å². The fourth-order valence-corrected chi connectivity index (χ4v) is 3.62. The number of pyridine rings is 1. The Labute approximate surface area is 162 Å². The molecule has 0 bridgehead atoms. The van der Waals surface area contributed by atoms with Crippen LogP contribution in [0.4, 0.5) is 11.4 Å². The maximum Gasteiger partial charge on any atom is 0.237 e.